The van der Waals surface area contributed by atoms with Crippen molar-refractivity contribution in [3.8, 4) is 0 Å². The zero-order valence-electron chi connectivity index (χ0n) is 11.6. The van der Waals surface area contributed by atoms with Crippen molar-refractivity contribution in [2.45, 2.75) is 25.3 Å². The van der Waals surface area contributed by atoms with Gasteiger partial charge in [-0.25, -0.2) is 4.79 Å². The Hall–Kier alpha value is -0.950. The van der Waals surface area contributed by atoms with Gasteiger partial charge in [0.05, 0.1) is 6.42 Å². The van der Waals surface area contributed by atoms with E-state index in [0.717, 1.165) is 44.0 Å². The summed E-state index contributed by atoms with van der Waals surface area (Å²) in [5, 5.41) is 14.5. The molecule has 3 N–H and O–H groups in total. The van der Waals surface area contributed by atoms with E-state index in [9.17, 15) is 9.59 Å². The molecule has 1 saturated carbocycles. The number of carboxylic acid groups (broad SMARTS) is 1. The fourth-order valence-corrected chi connectivity index (χ4v) is 3.37. The molecule has 1 atom stereocenters. The lowest BCUT2D eigenvalue weighted by molar-refractivity contribution is -0.137. The summed E-state index contributed by atoms with van der Waals surface area (Å²) in [6.45, 7) is 3.64. The second kappa shape index (κ2) is 7.73. The minimum atomic E-state index is -0.854. The molecule has 7 heteroatoms. The van der Waals surface area contributed by atoms with Crippen LogP contribution in [0.1, 0.15) is 19.3 Å². The SMILES string of the molecule is O=C(O)CC(NC(=O)NCCN1CCSCC1)C1CC1. The Morgan fingerprint density at radius 3 is 2.60 bits per heavy atom. The predicted molar refractivity (Wildman–Crippen MR) is 79.1 cm³/mol. The van der Waals surface area contributed by atoms with E-state index in [1.165, 1.54) is 0 Å². The van der Waals surface area contributed by atoms with Gasteiger partial charge in [-0.15, -0.1) is 0 Å². The molecule has 2 amide bonds. The fourth-order valence-electron chi connectivity index (χ4n) is 2.39. The number of amides is 2. The average molecular weight is 301 g/mol. The van der Waals surface area contributed by atoms with Crippen LogP contribution in [0.25, 0.3) is 0 Å². The molecule has 2 rings (SSSR count). The quantitative estimate of drug-likeness (QED) is 0.641. The maximum absolute atomic E-state index is 11.8. The number of carboxylic acids is 1. The Labute approximate surface area is 123 Å². The Morgan fingerprint density at radius 2 is 2.00 bits per heavy atom. The maximum atomic E-state index is 11.8. The first-order chi connectivity index (χ1) is 9.65. The van der Waals surface area contributed by atoms with E-state index in [2.05, 4.69) is 15.5 Å². The molecule has 1 unspecified atom stereocenters. The summed E-state index contributed by atoms with van der Waals surface area (Å²) in [4.78, 5) is 24.9. The number of hydrogen-bond acceptors (Lipinski definition) is 4. The molecule has 20 heavy (non-hydrogen) atoms. The minimum Gasteiger partial charge on any atom is -0.481 e. The highest BCUT2D eigenvalue weighted by Gasteiger charge is 2.33. The Kier molecular flexibility index (Phi) is 5.97. The van der Waals surface area contributed by atoms with Crippen LogP contribution in [0.4, 0.5) is 4.79 Å². The number of carbonyl (C=O) groups excluding carboxylic acids is 1. The van der Waals surface area contributed by atoms with E-state index in [-0.39, 0.29) is 18.5 Å². The summed E-state index contributed by atoms with van der Waals surface area (Å²) in [5.41, 5.74) is 0. The molecular formula is C13H23N3O3S. The maximum Gasteiger partial charge on any atom is 0.315 e. The third-order valence-corrected chi connectivity index (χ3v) is 4.66. The lowest BCUT2D eigenvalue weighted by Crippen LogP contribution is -2.46. The summed E-state index contributed by atoms with van der Waals surface area (Å²) < 4.78 is 0. The highest BCUT2D eigenvalue weighted by molar-refractivity contribution is 7.99. The van der Waals surface area contributed by atoms with E-state index in [0.29, 0.717) is 12.5 Å². The highest BCUT2D eigenvalue weighted by Crippen LogP contribution is 2.33. The molecule has 0 radical (unpaired) electrons. The highest BCUT2D eigenvalue weighted by atomic mass is 32.2. The molecular weight excluding hydrogens is 278 g/mol. The number of hydrogen-bond donors (Lipinski definition) is 3. The van der Waals surface area contributed by atoms with Crippen LogP contribution in [0.15, 0.2) is 0 Å². The molecule has 1 aliphatic heterocycles. The second-order valence-corrected chi connectivity index (χ2v) is 6.62. The van der Waals surface area contributed by atoms with Gasteiger partial charge in [0.2, 0.25) is 0 Å². The van der Waals surface area contributed by atoms with Crippen molar-refractivity contribution in [3.05, 3.63) is 0 Å². The number of thioether (sulfide) groups is 1. The number of rotatable bonds is 7. The third-order valence-electron chi connectivity index (χ3n) is 3.72. The zero-order valence-corrected chi connectivity index (χ0v) is 12.5. The molecule has 6 nitrogen and oxygen atoms in total. The lowest BCUT2D eigenvalue weighted by atomic mass is 10.1. The van der Waals surface area contributed by atoms with Crippen LogP contribution in [-0.2, 0) is 4.79 Å². The summed E-state index contributed by atoms with van der Waals surface area (Å²) in [5.74, 6) is 1.81. The predicted octanol–water partition coefficient (Wildman–Crippen LogP) is 0.588. The van der Waals surface area contributed by atoms with Crippen molar-refractivity contribution in [1.29, 1.82) is 0 Å². The van der Waals surface area contributed by atoms with Gasteiger partial charge in [-0.05, 0) is 18.8 Å². The number of aliphatic carboxylic acids is 1. The summed E-state index contributed by atoms with van der Waals surface area (Å²) in [6.07, 6.45) is 2.05. The summed E-state index contributed by atoms with van der Waals surface area (Å²) >= 11 is 1.97. The number of nitrogens with zero attached hydrogens (tertiary/aromatic N) is 1. The Balaban J connectivity index is 1.62. The smallest absolute Gasteiger partial charge is 0.315 e. The van der Waals surface area contributed by atoms with Crippen LogP contribution < -0.4 is 10.6 Å². The third kappa shape index (κ3) is 5.58. The van der Waals surface area contributed by atoms with Gasteiger partial charge >= 0.3 is 12.0 Å². The molecule has 1 heterocycles. The Bertz CT molecular complexity index is 344. The van der Waals surface area contributed by atoms with Crippen LogP contribution in [-0.4, -0.2) is 65.7 Å². The van der Waals surface area contributed by atoms with Crippen LogP contribution >= 0.6 is 11.8 Å². The average Bonchev–Trinajstić information content (AvgIpc) is 3.23. The zero-order chi connectivity index (χ0) is 14.4. The van der Waals surface area contributed by atoms with Crippen molar-refractivity contribution in [2.24, 2.45) is 5.92 Å². The molecule has 0 aromatic carbocycles. The van der Waals surface area contributed by atoms with E-state index in [1.807, 2.05) is 11.8 Å². The summed E-state index contributed by atoms with van der Waals surface area (Å²) in [7, 11) is 0. The molecule has 0 bridgehead atoms. The van der Waals surface area contributed by atoms with E-state index >= 15 is 0 Å². The van der Waals surface area contributed by atoms with Gasteiger partial charge in [-0.2, -0.15) is 11.8 Å². The van der Waals surface area contributed by atoms with Crippen molar-refractivity contribution >= 4 is 23.8 Å². The number of nitrogens with one attached hydrogen (secondary N) is 2. The fraction of sp³-hybridized carbons (Fsp3) is 0.846. The first-order valence-corrected chi connectivity index (χ1v) is 8.37. The van der Waals surface area contributed by atoms with Crippen LogP contribution in [0.3, 0.4) is 0 Å². The second-order valence-electron chi connectivity index (χ2n) is 5.40. The molecule has 0 spiro atoms. The molecule has 1 saturated heterocycles. The van der Waals surface area contributed by atoms with Crippen LogP contribution in [0.2, 0.25) is 0 Å². The van der Waals surface area contributed by atoms with E-state index in [1.54, 1.807) is 0 Å². The van der Waals surface area contributed by atoms with Gasteiger partial charge in [0.15, 0.2) is 0 Å². The number of urea groups is 1. The van der Waals surface area contributed by atoms with Crippen LogP contribution in [0.5, 0.6) is 0 Å². The Morgan fingerprint density at radius 1 is 1.30 bits per heavy atom. The molecule has 1 aliphatic carbocycles. The van der Waals surface area contributed by atoms with Gasteiger partial charge in [0.1, 0.15) is 0 Å². The standard InChI is InChI=1S/C13H23N3O3S/c17-12(18)9-11(10-1-2-10)15-13(19)14-3-4-16-5-7-20-8-6-16/h10-11H,1-9H2,(H,17,18)(H2,14,15,19). The van der Waals surface area contributed by atoms with Crippen molar-refractivity contribution < 1.29 is 14.7 Å². The molecule has 114 valence electrons. The van der Waals surface area contributed by atoms with E-state index < -0.39 is 5.97 Å². The topological polar surface area (TPSA) is 81.7 Å². The number of carbonyl (C=O) groups is 2. The molecule has 0 aromatic heterocycles. The van der Waals surface area contributed by atoms with Crippen molar-refractivity contribution in [2.75, 3.05) is 37.7 Å². The summed E-state index contributed by atoms with van der Waals surface area (Å²) in [6, 6.07) is -0.464. The minimum absolute atomic E-state index is 0.0153. The molecule has 2 fully saturated rings. The van der Waals surface area contributed by atoms with Gasteiger partial charge in [-0.1, -0.05) is 0 Å². The first kappa shape index (κ1) is 15.4. The van der Waals surface area contributed by atoms with Gasteiger partial charge in [0, 0.05) is 43.7 Å². The van der Waals surface area contributed by atoms with Gasteiger partial charge in [0.25, 0.3) is 0 Å². The normalized spacial score (nSPS) is 21.2. The van der Waals surface area contributed by atoms with Crippen molar-refractivity contribution in [1.82, 2.24) is 15.5 Å². The monoisotopic (exact) mass is 301 g/mol. The molecule has 0 aromatic rings. The van der Waals surface area contributed by atoms with Gasteiger partial charge < -0.3 is 15.7 Å². The van der Waals surface area contributed by atoms with Gasteiger partial charge in [-0.3, -0.25) is 9.69 Å². The molecule has 2 aliphatic rings. The first-order valence-electron chi connectivity index (χ1n) is 7.21. The van der Waals surface area contributed by atoms with Crippen molar-refractivity contribution in [3.63, 3.8) is 0 Å². The van der Waals surface area contributed by atoms with E-state index in [4.69, 9.17) is 5.11 Å². The largest absolute Gasteiger partial charge is 0.481 e. The lowest BCUT2D eigenvalue weighted by Gasteiger charge is -2.26. The van der Waals surface area contributed by atoms with Crippen LogP contribution in [0, 0.1) is 5.92 Å².